The van der Waals surface area contributed by atoms with Crippen LogP contribution >= 0.6 is 23.2 Å². The lowest BCUT2D eigenvalue weighted by Gasteiger charge is -2.19. The van der Waals surface area contributed by atoms with E-state index in [1.807, 2.05) is 0 Å². The monoisotopic (exact) mass is 254 g/mol. The number of halogens is 2. The van der Waals surface area contributed by atoms with E-state index in [0.29, 0.717) is 6.42 Å². The Labute approximate surface area is 102 Å². The number of hydrogen-bond donors (Lipinski definition) is 0. The minimum Gasteiger partial charge on any atom is -0.442 e. The second-order valence-electron chi connectivity index (χ2n) is 3.87. The van der Waals surface area contributed by atoms with Crippen molar-refractivity contribution in [2.24, 2.45) is 0 Å². The molecule has 0 aliphatic carbocycles. The van der Waals surface area contributed by atoms with Crippen LogP contribution in [-0.4, -0.2) is 16.9 Å². The molecule has 1 unspecified atom stereocenters. The second kappa shape index (κ2) is 8.23. The Morgan fingerprint density at radius 2 is 1.87 bits per heavy atom. The molecule has 2 nitrogen and oxygen atoms in total. The summed E-state index contributed by atoms with van der Waals surface area (Å²) in [6.45, 7) is 3.75. The topological polar surface area (TPSA) is 26.3 Å². The van der Waals surface area contributed by atoms with Crippen LogP contribution in [0.3, 0.4) is 0 Å². The van der Waals surface area contributed by atoms with Gasteiger partial charge in [-0.3, -0.25) is 4.79 Å². The van der Waals surface area contributed by atoms with Gasteiger partial charge in [0.2, 0.25) is 0 Å². The molecule has 0 aromatic rings. The Morgan fingerprint density at radius 3 is 2.40 bits per heavy atom. The summed E-state index contributed by atoms with van der Waals surface area (Å²) < 4.78 is 4.99. The smallest absolute Gasteiger partial charge is 0.307 e. The van der Waals surface area contributed by atoms with Crippen molar-refractivity contribution in [2.75, 3.05) is 5.88 Å². The van der Waals surface area contributed by atoms with Gasteiger partial charge in [-0.15, -0.1) is 11.6 Å². The lowest BCUT2D eigenvalue weighted by Crippen LogP contribution is -2.26. The van der Waals surface area contributed by atoms with Gasteiger partial charge < -0.3 is 4.74 Å². The third-order valence-electron chi connectivity index (χ3n) is 2.05. The van der Waals surface area contributed by atoms with Crippen molar-refractivity contribution in [1.29, 1.82) is 0 Å². The fourth-order valence-corrected chi connectivity index (χ4v) is 1.33. The summed E-state index contributed by atoms with van der Waals surface area (Å²) >= 11 is 11.3. The standard InChI is InChI=1S/C11H20Cl2O2/c1-3-4-5-6-7-8-10(14)15-11(2,13)9-12/h3-9H2,1-2H3. The summed E-state index contributed by atoms with van der Waals surface area (Å²) in [6.07, 6.45) is 5.98. The molecule has 0 bridgehead atoms. The van der Waals surface area contributed by atoms with E-state index in [9.17, 15) is 4.79 Å². The first kappa shape index (κ1) is 15.0. The van der Waals surface area contributed by atoms with Gasteiger partial charge in [-0.1, -0.05) is 44.2 Å². The molecule has 0 spiro atoms. The third kappa shape index (κ3) is 9.01. The fraction of sp³-hybridized carbons (Fsp3) is 0.909. The Balaban J connectivity index is 3.49. The predicted octanol–water partition coefficient (Wildman–Crippen LogP) is 4.08. The van der Waals surface area contributed by atoms with E-state index in [1.165, 1.54) is 19.3 Å². The minimum atomic E-state index is -1.05. The van der Waals surface area contributed by atoms with Crippen LogP contribution in [0.1, 0.15) is 52.4 Å². The van der Waals surface area contributed by atoms with Gasteiger partial charge >= 0.3 is 5.97 Å². The number of hydrogen-bond acceptors (Lipinski definition) is 2. The fourth-order valence-electron chi connectivity index (χ4n) is 1.19. The zero-order chi connectivity index (χ0) is 11.7. The first-order valence-corrected chi connectivity index (χ1v) is 6.40. The van der Waals surface area contributed by atoms with Gasteiger partial charge in [-0.25, -0.2) is 0 Å². The number of esters is 1. The van der Waals surface area contributed by atoms with Crippen molar-refractivity contribution in [3.8, 4) is 0 Å². The molecule has 0 aliphatic heterocycles. The largest absolute Gasteiger partial charge is 0.442 e. The molecular weight excluding hydrogens is 235 g/mol. The van der Waals surface area contributed by atoms with Gasteiger partial charge in [-0.05, 0) is 13.3 Å². The zero-order valence-electron chi connectivity index (χ0n) is 9.52. The van der Waals surface area contributed by atoms with Gasteiger partial charge in [0.15, 0.2) is 5.06 Å². The molecule has 0 aliphatic rings. The molecule has 0 aromatic heterocycles. The first-order chi connectivity index (χ1) is 7.02. The number of carbonyl (C=O) groups is 1. The Bertz CT molecular complexity index is 181. The summed E-state index contributed by atoms with van der Waals surface area (Å²) in [5.74, 6) is -0.152. The maximum absolute atomic E-state index is 11.3. The molecular formula is C11H20Cl2O2. The van der Waals surface area contributed by atoms with Crippen molar-refractivity contribution >= 4 is 29.2 Å². The molecule has 4 heteroatoms. The van der Waals surface area contributed by atoms with Crippen LogP contribution in [0.25, 0.3) is 0 Å². The molecule has 0 amide bonds. The highest BCUT2D eigenvalue weighted by atomic mass is 35.5. The summed E-state index contributed by atoms with van der Waals surface area (Å²) in [4.78, 5) is 11.3. The maximum Gasteiger partial charge on any atom is 0.307 e. The van der Waals surface area contributed by atoms with Crippen LogP contribution < -0.4 is 0 Å². The van der Waals surface area contributed by atoms with Crippen molar-refractivity contribution in [1.82, 2.24) is 0 Å². The highest BCUT2D eigenvalue weighted by molar-refractivity contribution is 6.30. The molecule has 0 radical (unpaired) electrons. The van der Waals surface area contributed by atoms with E-state index < -0.39 is 5.06 Å². The molecule has 0 saturated heterocycles. The van der Waals surface area contributed by atoms with Crippen LogP contribution in [-0.2, 0) is 9.53 Å². The minimum absolute atomic E-state index is 0.107. The van der Waals surface area contributed by atoms with Gasteiger partial charge in [0.1, 0.15) is 0 Å². The van der Waals surface area contributed by atoms with Crippen LogP contribution in [0.4, 0.5) is 0 Å². The Hall–Kier alpha value is 0.0500. The lowest BCUT2D eigenvalue weighted by molar-refractivity contribution is -0.150. The number of alkyl halides is 2. The molecule has 0 aromatic carbocycles. The van der Waals surface area contributed by atoms with Gasteiger partial charge in [0.05, 0.1) is 5.88 Å². The quantitative estimate of drug-likeness (QED) is 0.371. The summed E-state index contributed by atoms with van der Waals surface area (Å²) in [5, 5.41) is -1.05. The average Bonchev–Trinajstić information content (AvgIpc) is 2.17. The Morgan fingerprint density at radius 1 is 1.27 bits per heavy atom. The van der Waals surface area contributed by atoms with E-state index in [2.05, 4.69) is 6.92 Å². The van der Waals surface area contributed by atoms with Gasteiger partial charge in [-0.2, -0.15) is 0 Å². The van der Waals surface area contributed by atoms with Crippen molar-refractivity contribution in [3.05, 3.63) is 0 Å². The SMILES string of the molecule is CCCCCCCC(=O)OC(C)(Cl)CCl. The van der Waals surface area contributed by atoms with Gasteiger partial charge in [0.25, 0.3) is 0 Å². The van der Waals surface area contributed by atoms with Crippen LogP contribution in [0, 0.1) is 0 Å². The number of rotatable bonds is 8. The van der Waals surface area contributed by atoms with E-state index in [1.54, 1.807) is 6.92 Å². The van der Waals surface area contributed by atoms with Crippen LogP contribution in [0.15, 0.2) is 0 Å². The molecule has 0 rings (SSSR count). The van der Waals surface area contributed by atoms with Crippen LogP contribution in [0.2, 0.25) is 0 Å². The molecule has 0 heterocycles. The predicted molar refractivity (Wildman–Crippen MR) is 64.4 cm³/mol. The number of unbranched alkanes of at least 4 members (excludes halogenated alkanes) is 4. The second-order valence-corrected chi connectivity index (χ2v) is 4.94. The summed E-state index contributed by atoms with van der Waals surface area (Å²) in [7, 11) is 0. The summed E-state index contributed by atoms with van der Waals surface area (Å²) in [5.41, 5.74) is 0. The van der Waals surface area contributed by atoms with Gasteiger partial charge in [0, 0.05) is 6.42 Å². The third-order valence-corrected chi connectivity index (χ3v) is 2.91. The Kier molecular flexibility index (Phi) is 8.26. The molecule has 0 saturated carbocycles. The van der Waals surface area contributed by atoms with E-state index in [4.69, 9.17) is 27.9 Å². The highest BCUT2D eigenvalue weighted by Gasteiger charge is 2.23. The average molecular weight is 255 g/mol. The molecule has 1 atom stereocenters. The molecule has 0 N–H and O–H groups in total. The van der Waals surface area contributed by atoms with Crippen LogP contribution in [0.5, 0.6) is 0 Å². The molecule has 0 fully saturated rings. The van der Waals surface area contributed by atoms with E-state index in [0.717, 1.165) is 12.8 Å². The van der Waals surface area contributed by atoms with Crippen molar-refractivity contribution < 1.29 is 9.53 Å². The number of ether oxygens (including phenoxy) is 1. The van der Waals surface area contributed by atoms with E-state index in [-0.39, 0.29) is 11.8 Å². The zero-order valence-corrected chi connectivity index (χ0v) is 11.0. The summed E-state index contributed by atoms with van der Waals surface area (Å²) in [6, 6.07) is 0. The van der Waals surface area contributed by atoms with E-state index >= 15 is 0 Å². The number of carbonyl (C=O) groups excluding carboxylic acids is 1. The molecule has 15 heavy (non-hydrogen) atoms. The first-order valence-electron chi connectivity index (χ1n) is 5.48. The normalized spacial score (nSPS) is 14.7. The highest BCUT2D eigenvalue weighted by Crippen LogP contribution is 2.19. The van der Waals surface area contributed by atoms with Crippen molar-refractivity contribution in [3.63, 3.8) is 0 Å². The molecule has 90 valence electrons. The maximum atomic E-state index is 11.3. The van der Waals surface area contributed by atoms with Crippen molar-refractivity contribution in [2.45, 2.75) is 57.4 Å². The lowest BCUT2D eigenvalue weighted by atomic mass is 10.1.